The molecule has 6 aromatic carbocycles. The van der Waals surface area contributed by atoms with Crippen LogP contribution >= 0.6 is 0 Å². The summed E-state index contributed by atoms with van der Waals surface area (Å²) in [6.45, 7) is 0. The van der Waals surface area contributed by atoms with E-state index < -0.39 is 0 Å². The highest BCUT2D eigenvalue weighted by atomic mass is 15.0. The number of allylic oxidation sites excluding steroid dienone is 3. The van der Waals surface area contributed by atoms with Gasteiger partial charge in [-0.1, -0.05) is 84.9 Å². The van der Waals surface area contributed by atoms with E-state index in [-0.39, 0.29) is 0 Å². The van der Waals surface area contributed by atoms with E-state index in [2.05, 4.69) is 112 Å². The lowest BCUT2D eigenvalue weighted by Gasteiger charge is -2.18. The molecule has 2 aromatic heterocycles. The van der Waals surface area contributed by atoms with Crippen molar-refractivity contribution in [1.82, 2.24) is 9.13 Å². The smallest absolute Gasteiger partial charge is 0.0998 e. The molecule has 0 spiro atoms. The van der Waals surface area contributed by atoms with Crippen molar-refractivity contribution < 1.29 is 0 Å². The monoisotopic (exact) mass is 649 g/mol. The first-order valence-electron chi connectivity index (χ1n) is 16.7. The number of hydrogen-bond acceptors (Lipinski definition) is 3. The summed E-state index contributed by atoms with van der Waals surface area (Å²) in [6.07, 6.45) is 6.17. The van der Waals surface area contributed by atoms with Crippen LogP contribution in [0.5, 0.6) is 0 Å². The van der Waals surface area contributed by atoms with Gasteiger partial charge in [-0.25, -0.2) is 0 Å². The van der Waals surface area contributed by atoms with Gasteiger partial charge in [0.1, 0.15) is 0 Å². The van der Waals surface area contributed by atoms with Gasteiger partial charge in [0.2, 0.25) is 0 Å². The van der Waals surface area contributed by atoms with Gasteiger partial charge >= 0.3 is 0 Å². The van der Waals surface area contributed by atoms with E-state index in [9.17, 15) is 15.8 Å². The summed E-state index contributed by atoms with van der Waals surface area (Å²) in [7, 11) is 0. The minimum atomic E-state index is 0.421. The number of aromatic nitrogens is 2. The van der Waals surface area contributed by atoms with Crippen molar-refractivity contribution in [2.45, 2.75) is 6.42 Å². The quantitative estimate of drug-likeness (QED) is 0.190. The highest BCUT2D eigenvalue weighted by Crippen LogP contribution is 2.40. The second-order valence-electron chi connectivity index (χ2n) is 12.7. The zero-order chi connectivity index (χ0) is 34.5. The van der Waals surface area contributed by atoms with Gasteiger partial charge < -0.3 is 9.13 Å². The summed E-state index contributed by atoms with van der Waals surface area (Å²) >= 11 is 0. The van der Waals surface area contributed by atoms with Crippen LogP contribution in [0, 0.1) is 34.0 Å². The third-order valence-corrected chi connectivity index (χ3v) is 9.89. The van der Waals surface area contributed by atoms with E-state index in [0.29, 0.717) is 23.1 Å². The fourth-order valence-corrected chi connectivity index (χ4v) is 7.63. The van der Waals surface area contributed by atoms with E-state index in [1.807, 2.05) is 66.8 Å². The number of benzene rings is 6. The maximum Gasteiger partial charge on any atom is 0.0998 e. The van der Waals surface area contributed by atoms with Gasteiger partial charge in [0.25, 0.3) is 0 Å². The fraction of sp³-hybridized carbons (Fsp3) is 0.0217. The normalized spacial score (nSPS) is 12.2. The maximum absolute atomic E-state index is 10.4. The van der Waals surface area contributed by atoms with E-state index in [4.69, 9.17) is 0 Å². The Morgan fingerprint density at radius 2 is 1.24 bits per heavy atom. The standard InChI is InChI=1S/C46H27N5/c47-27-30-8-5-14-39-40-24-31(28-48)18-23-43(40)51(45(39)25-30)44-17-7-11-35(29-49)46(44)34-10-6-9-33(26-34)32-19-21-36(22-20-32)50-41-15-3-1-12-37(41)38-13-2-4-16-42(38)50/h1-24,26H,25H2. The number of nitrogens with zero attached hydrogens (tertiary/aromatic N) is 5. The van der Waals surface area contributed by atoms with Crippen LogP contribution in [0.4, 0.5) is 0 Å². The number of para-hydroxylation sites is 2. The molecule has 0 saturated heterocycles. The predicted molar refractivity (Wildman–Crippen MR) is 204 cm³/mol. The van der Waals surface area contributed by atoms with Crippen LogP contribution in [0.1, 0.15) is 22.4 Å². The molecule has 0 fully saturated rings. The van der Waals surface area contributed by atoms with E-state index in [0.717, 1.165) is 55.8 Å². The molecule has 51 heavy (non-hydrogen) atoms. The molecular weight excluding hydrogens is 623 g/mol. The van der Waals surface area contributed by atoms with Gasteiger partial charge in [-0.05, 0) is 83.4 Å². The number of hydrogen-bond donors (Lipinski definition) is 0. The highest BCUT2D eigenvalue weighted by Gasteiger charge is 2.23. The largest absolute Gasteiger partial charge is 0.312 e. The maximum atomic E-state index is 10.4. The summed E-state index contributed by atoms with van der Waals surface area (Å²) in [6, 6.07) is 52.5. The van der Waals surface area contributed by atoms with Crippen molar-refractivity contribution in [2.75, 3.05) is 0 Å². The van der Waals surface area contributed by atoms with Crippen LogP contribution in [0.3, 0.4) is 0 Å². The summed E-state index contributed by atoms with van der Waals surface area (Å²) < 4.78 is 4.47. The lowest BCUT2D eigenvalue weighted by Crippen LogP contribution is -2.05. The lowest BCUT2D eigenvalue weighted by molar-refractivity contribution is 0.986. The zero-order valence-electron chi connectivity index (χ0n) is 27.4. The average molecular weight is 650 g/mol. The van der Waals surface area contributed by atoms with Gasteiger partial charge in [-0.3, -0.25) is 0 Å². The van der Waals surface area contributed by atoms with Crippen LogP contribution in [-0.4, -0.2) is 9.13 Å². The summed E-state index contributed by atoms with van der Waals surface area (Å²) in [5.41, 5.74) is 12.7. The van der Waals surface area contributed by atoms with Crippen molar-refractivity contribution >= 4 is 38.8 Å². The van der Waals surface area contributed by atoms with E-state index >= 15 is 0 Å². The zero-order valence-corrected chi connectivity index (χ0v) is 27.4. The molecule has 0 bridgehead atoms. The molecule has 236 valence electrons. The molecule has 0 radical (unpaired) electrons. The Kier molecular flexibility index (Phi) is 6.96. The minimum absolute atomic E-state index is 0.421. The Balaban J connectivity index is 1.19. The molecule has 0 aliphatic heterocycles. The number of rotatable bonds is 4. The molecular formula is C46H27N5. The molecule has 0 N–H and O–H groups in total. The first-order chi connectivity index (χ1) is 25.2. The van der Waals surface area contributed by atoms with Gasteiger partial charge in [0, 0.05) is 50.7 Å². The fourth-order valence-electron chi connectivity index (χ4n) is 7.63. The molecule has 5 heteroatoms. The van der Waals surface area contributed by atoms with Crippen molar-refractivity contribution in [3.8, 4) is 51.8 Å². The third-order valence-electron chi connectivity index (χ3n) is 9.89. The summed E-state index contributed by atoms with van der Waals surface area (Å²) in [5.74, 6) is 0. The molecule has 8 aromatic rings. The van der Waals surface area contributed by atoms with Crippen LogP contribution in [-0.2, 0) is 6.42 Å². The predicted octanol–water partition coefficient (Wildman–Crippen LogP) is 10.8. The van der Waals surface area contributed by atoms with Crippen molar-refractivity contribution in [1.29, 1.82) is 15.8 Å². The van der Waals surface area contributed by atoms with Crippen LogP contribution in [0.15, 0.2) is 151 Å². The molecule has 0 saturated carbocycles. The minimum Gasteiger partial charge on any atom is -0.312 e. The van der Waals surface area contributed by atoms with Gasteiger partial charge in [-0.15, -0.1) is 0 Å². The van der Waals surface area contributed by atoms with Crippen LogP contribution in [0.2, 0.25) is 0 Å². The number of nitriles is 3. The Hall–Kier alpha value is -7.39. The first-order valence-corrected chi connectivity index (χ1v) is 16.7. The Bertz CT molecular complexity index is 2860. The summed E-state index contributed by atoms with van der Waals surface area (Å²) in [5, 5.41) is 33.5. The van der Waals surface area contributed by atoms with Crippen molar-refractivity contribution in [3.05, 3.63) is 174 Å². The van der Waals surface area contributed by atoms with Gasteiger partial charge in [0.15, 0.2) is 0 Å². The topological polar surface area (TPSA) is 81.2 Å². The molecule has 0 atom stereocenters. The first kappa shape index (κ1) is 29.7. The van der Waals surface area contributed by atoms with Crippen LogP contribution in [0.25, 0.3) is 72.4 Å². The average Bonchev–Trinajstić information content (AvgIpc) is 3.58. The Labute approximate surface area is 294 Å². The molecule has 1 aliphatic carbocycles. The Morgan fingerprint density at radius 1 is 0.529 bits per heavy atom. The molecule has 5 nitrogen and oxygen atoms in total. The van der Waals surface area contributed by atoms with Crippen LogP contribution < -0.4 is 0 Å². The lowest BCUT2D eigenvalue weighted by atomic mass is 9.94. The second kappa shape index (κ2) is 11.9. The van der Waals surface area contributed by atoms with Crippen molar-refractivity contribution in [2.24, 2.45) is 0 Å². The molecule has 9 rings (SSSR count). The Morgan fingerprint density at radius 3 is 1.96 bits per heavy atom. The van der Waals surface area contributed by atoms with Gasteiger partial charge in [0.05, 0.1) is 51.6 Å². The molecule has 2 heterocycles. The van der Waals surface area contributed by atoms with E-state index in [1.54, 1.807) is 0 Å². The van der Waals surface area contributed by atoms with Crippen molar-refractivity contribution in [3.63, 3.8) is 0 Å². The third kappa shape index (κ3) is 4.75. The van der Waals surface area contributed by atoms with E-state index in [1.165, 1.54) is 21.8 Å². The molecule has 0 amide bonds. The highest BCUT2D eigenvalue weighted by molar-refractivity contribution is 6.09. The molecule has 0 unspecified atom stereocenters. The van der Waals surface area contributed by atoms with Gasteiger partial charge in [-0.2, -0.15) is 15.8 Å². The molecule has 1 aliphatic rings. The second-order valence-corrected chi connectivity index (χ2v) is 12.7. The SMILES string of the molecule is N#CC1=CC=Cc2c(n(-c3cccc(C#N)c3-c3cccc(-c4ccc(-n5c6ccccc6c6ccccc65)cc4)c3)c3ccc(C#N)cc23)C1. The number of fused-ring (bicyclic) bond motifs is 6. The summed E-state index contributed by atoms with van der Waals surface area (Å²) in [4.78, 5) is 0.